The highest BCUT2D eigenvalue weighted by Crippen LogP contribution is 2.39. The van der Waals surface area contributed by atoms with Crippen molar-refractivity contribution < 1.29 is 19.3 Å². The first kappa shape index (κ1) is 14.9. The zero-order chi connectivity index (χ0) is 16.1. The minimum absolute atomic E-state index is 0.0214. The number of nitrogen functional groups attached to an aromatic ring is 1. The van der Waals surface area contributed by atoms with Crippen LogP contribution in [0.4, 0.5) is 10.2 Å². The molecule has 0 amide bonds. The van der Waals surface area contributed by atoms with Gasteiger partial charge in [-0.25, -0.2) is 9.37 Å². The Balaban J connectivity index is 2.11. The molecule has 2 aromatic rings. The molecule has 0 unspecified atom stereocenters. The quantitative estimate of drug-likeness (QED) is 0.509. The zero-order valence-electron chi connectivity index (χ0n) is 11.0. The van der Waals surface area contributed by atoms with Gasteiger partial charge in [0.05, 0.1) is 12.9 Å². The molecule has 1 fully saturated rings. The number of imidazole rings is 1. The van der Waals surface area contributed by atoms with Gasteiger partial charge in [-0.05, 0) is 11.6 Å². The molecule has 8 nitrogen and oxygen atoms in total. The molecule has 0 radical (unpaired) electrons. The first-order valence-electron chi connectivity index (χ1n) is 6.17. The first-order valence-corrected chi connectivity index (χ1v) is 6.55. The average Bonchev–Trinajstić information content (AvgIpc) is 3.01. The highest BCUT2D eigenvalue weighted by Gasteiger charge is 2.55. The molecule has 0 bridgehead atoms. The van der Waals surface area contributed by atoms with Crippen LogP contribution in [-0.2, 0) is 4.74 Å². The molecular formula is C12H11ClFN5O3. The largest absolute Gasteiger partial charge is 0.392 e. The van der Waals surface area contributed by atoms with E-state index in [0.29, 0.717) is 0 Å². The summed E-state index contributed by atoms with van der Waals surface area (Å²) in [4.78, 5) is 11.6. The van der Waals surface area contributed by atoms with E-state index in [9.17, 15) is 14.6 Å². The van der Waals surface area contributed by atoms with Gasteiger partial charge in [0.15, 0.2) is 29.5 Å². The van der Waals surface area contributed by atoms with Crippen molar-refractivity contribution in [2.75, 3.05) is 12.3 Å². The number of aliphatic hydroxyl groups is 2. The monoisotopic (exact) mass is 327 g/mol. The number of halogens is 2. The van der Waals surface area contributed by atoms with Crippen LogP contribution in [0.15, 0.2) is 6.33 Å². The van der Waals surface area contributed by atoms with Crippen LogP contribution in [0.1, 0.15) is 6.23 Å². The third-order valence-electron chi connectivity index (χ3n) is 3.56. The molecule has 1 saturated heterocycles. The number of hydrogen-bond donors (Lipinski definition) is 3. The number of aromatic nitrogens is 4. The van der Waals surface area contributed by atoms with E-state index in [4.69, 9.17) is 28.5 Å². The van der Waals surface area contributed by atoms with Gasteiger partial charge >= 0.3 is 0 Å². The van der Waals surface area contributed by atoms with E-state index in [1.165, 1.54) is 10.9 Å². The number of ether oxygens (including phenoxy) is 1. The van der Waals surface area contributed by atoms with Gasteiger partial charge in [0, 0.05) is 0 Å². The Labute approximate surface area is 128 Å². The van der Waals surface area contributed by atoms with Crippen molar-refractivity contribution in [2.45, 2.75) is 24.1 Å². The average molecular weight is 328 g/mol. The Bertz CT molecular complexity index is 778. The maximum Gasteiger partial charge on any atom is 0.226 e. The van der Waals surface area contributed by atoms with Gasteiger partial charge in [0.1, 0.15) is 11.6 Å². The van der Waals surface area contributed by atoms with Gasteiger partial charge in [0.2, 0.25) is 5.28 Å². The second-order valence-electron chi connectivity index (χ2n) is 4.79. The predicted molar refractivity (Wildman–Crippen MR) is 74.4 cm³/mol. The van der Waals surface area contributed by atoms with Gasteiger partial charge in [-0.1, -0.05) is 5.92 Å². The summed E-state index contributed by atoms with van der Waals surface area (Å²) in [6.07, 6.45) is 1.52. The van der Waals surface area contributed by atoms with E-state index in [2.05, 4.69) is 20.9 Å². The lowest BCUT2D eigenvalue weighted by Gasteiger charge is -2.23. The summed E-state index contributed by atoms with van der Waals surface area (Å²) in [7, 11) is 0. The SMILES string of the molecule is C#C[C@]1(CO)O[C@@H](n2cnc3c(N)nc(Cl)nc32)[C@@H](F)[C@@H]1O. The van der Waals surface area contributed by atoms with Crippen LogP contribution < -0.4 is 5.73 Å². The van der Waals surface area contributed by atoms with Crippen molar-refractivity contribution in [3.63, 3.8) is 0 Å². The van der Waals surface area contributed by atoms with Gasteiger partial charge < -0.3 is 20.7 Å². The van der Waals surface area contributed by atoms with Crippen molar-refractivity contribution in [3.8, 4) is 12.3 Å². The smallest absolute Gasteiger partial charge is 0.226 e. The molecule has 2 aromatic heterocycles. The molecule has 3 rings (SSSR count). The molecule has 22 heavy (non-hydrogen) atoms. The maximum atomic E-state index is 14.4. The summed E-state index contributed by atoms with van der Waals surface area (Å²) in [5.41, 5.74) is 4.16. The number of hydrogen-bond acceptors (Lipinski definition) is 7. The van der Waals surface area contributed by atoms with Crippen LogP contribution in [-0.4, -0.2) is 54.2 Å². The van der Waals surface area contributed by atoms with Crippen LogP contribution in [0.2, 0.25) is 5.28 Å². The Morgan fingerprint density at radius 1 is 1.59 bits per heavy atom. The minimum Gasteiger partial charge on any atom is -0.392 e. The summed E-state index contributed by atoms with van der Waals surface area (Å²) in [6, 6.07) is 0. The molecule has 4 atom stereocenters. The summed E-state index contributed by atoms with van der Waals surface area (Å²) >= 11 is 5.74. The topological polar surface area (TPSA) is 119 Å². The van der Waals surface area contributed by atoms with Crippen molar-refractivity contribution >= 4 is 28.6 Å². The molecule has 1 aliphatic rings. The number of nitrogens with zero attached hydrogens (tertiary/aromatic N) is 4. The molecule has 0 aliphatic carbocycles. The van der Waals surface area contributed by atoms with Crippen molar-refractivity contribution in [1.29, 1.82) is 0 Å². The third-order valence-corrected chi connectivity index (χ3v) is 3.73. The molecule has 0 saturated carbocycles. The fourth-order valence-corrected chi connectivity index (χ4v) is 2.54. The Hall–Kier alpha value is -1.99. The molecular weight excluding hydrogens is 317 g/mol. The van der Waals surface area contributed by atoms with Crippen LogP contribution in [0.25, 0.3) is 11.2 Å². The Kier molecular flexibility index (Phi) is 3.41. The van der Waals surface area contributed by atoms with Crippen molar-refractivity contribution in [2.24, 2.45) is 0 Å². The second kappa shape index (κ2) is 5.03. The number of rotatable bonds is 2. The van der Waals surface area contributed by atoms with Crippen molar-refractivity contribution in [1.82, 2.24) is 19.5 Å². The van der Waals surface area contributed by atoms with Gasteiger partial charge in [-0.15, -0.1) is 6.42 Å². The number of nitrogens with two attached hydrogens (primary N) is 1. The standard InChI is InChI=1S/C12H11ClFN5O3/c1-2-12(3-20)7(21)5(14)10(22-12)19-4-16-6-8(15)17-11(13)18-9(6)19/h1,4-5,7,10,20-21H,3H2,(H2,15,17,18)/t5-,7-,10+,12+/m0/s1. The summed E-state index contributed by atoms with van der Waals surface area (Å²) < 4.78 is 21.0. The van der Waals surface area contributed by atoms with E-state index in [-0.39, 0.29) is 22.3 Å². The first-order chi connectivity index (χ1) is 10.4. The lowest BCUT2D eigenvalue weighted by atomic mass is 9.98. The fourth-order valence-electron chi connectivity index (χ4n) is 2.37. The summed E-state index contributed by atoms with van der Waals surface area (Å²) in [6.45, 7) is -0.744. The fraction of sp³-hybridized carbons (Fsp3) is 0.417. The van der Waals surface area contributed by atoms with E-state index in [1.54, 1.807) is 0 Å². The van der Waals surface area contributed by atoms with Gasteiger partial charge in [0.25, 0.3) is 0 Å². The van der Waals surface area contributed by atoms with Crippen LogP contribution in [0.5, 0.6) is 0 Å². The van der Waals surface area contributed by atoms with E-state index in [1.807, 2.05) is 0 Å². The normalized spacial score (nSPS) is 31.5. The van der Waals surface area contributed by atoms with Crippen molar-refractivity contribution in [3.05, 3.63) is 11.6 Å². The summed E-state index contributed by atoms with van der Waals surface area (Å²) in [5, 5.41) is 19.1. The number of anilines is 1. The molecule has 3 heterocycles. The predicted octanol–water partition coefficient (Wildman–Crippen LogP) is -0.346. The van der Waals surface area contributed by atoms with E-state index < -0.39 is 30.7 Å². The summed E-state index contributed by atoms with van der Waals surface area (Å²) in [5.74, 6) is 2.11. The third kappa shape index (κ3) is 1.93. The minimum atomic E-state index is -1.91. The molecule has 10 heteroatoms. The van der Waals surface area contributed by atoms with Crippen LogP contribution >= 0.6 is 11.6 Å². The second-order valence-corrected chi connectivity index (χ2v) is 5.13. The lowest BCUT2D eigenvalue weighted by molar-refractivity contribution is -0.0900. The molecule has 0 spiro atoms. The highest BCUT2D eigenvalue weighted by atomic mass is 35.5. The Morgan fingerprint density at radius 2 is 2.32 bits per heavy atom. The maximum absolute atomic E-state index is 14.4. The van der Waals surface area contributed by atoms with E-state index in [0.717, 1.165) is 0 Å². The number of aliphatic hydroxyl groups excluding tert-OH is 2. The zero-order valence-corrected chi connectivity index (χ0v) is 11.8. The highest BCUT2D eigenvalue weighted by molar-refractivity contribution is 6.28. The number of fused-ring (bicyclic) bond motifs is 1. The number of terminal acetylenes is 1. The molecule has 1 aliphatic heterocycles. The lowest BCUT2D eigenvalue weighted by Crippen LogP contribution is -2.44. The number of alkyl halides is 1. The molecule has 0 aromatic carbocycles. The molecule has 116 valence electrons. The van der Waals surface area contributed by atoms with E-state index >= 15 is 0 Å². The van der Waals surface area contributed by atoms with Gasteiger partial charge in [-0.2, -0.15) is 9.97 Å². The molecule has 4 N–H and O–H groups in total. The van der Waals surface area contributed by atoms with Crippen LogP contribution in [0, 0.1) is 12.3 Å². The Morgan fingerprint density at radius 3 is 2.91 bits per heavy atom. The van der Waals surface area contributed by atoms with Gasteiger partial charge in [-0.3, -0.25) is 4.57 Å². The van der Waals surface area contributed by atoms with Crippen LogP contribution in [0.3, 0.4) is 0 Å².